The first-order valence-electron chi connectivity index (χ1n) is 9.54. The van der Waals surface area contributed by atoms with Crippen LogP contribution in [0.1, 0.15) is 37.3 Å². The molecule has 0 N–H and O–H groups in total. The van der Waals surface area contributed by atoms with Crippen molar-refractivity contribution in [3.05, 3.63) is 70.7 Å². The Morgan fingerprint density at radius 1 is 1.11 bits per heavy atom. The molecule has 1 unspecified atom stereocenters. The highest BCUT2D eigenvalue weighted by atomic mass is 35.5. The Hall–Kier alpha value is -2.59. The highest BCUT2D eigenvalue weighted by Gasteiger charge is 2.24. The topological polar surface area (TPSA) is 46.6 Å². The van der Waals surface area contributed by atoms with Gasteiger partial charge in [0.15, 0.2) is 6.61 Å². The molecule has 0 saturated carbocycles. The van der Waals surface area contributed by atoms with E-state index in [1.807, 2.05) is 37.3 Å². The van der Waals surface area contributed by atoms with E-state index >= 15 is 0 Å². The van der Waals surface area contributed by atoms with E-state index in [9.17, 15) is 9.59 Å². The van der Waals surface area contributed by atoms with E-state index in [1.54, 1.807) is 35.2 Å². The quantitative estimate of drug-likeness (QED) is 0.412. The Balaban J connectivity index is 1.76. The van der Waals surface area contributed by atoms with Gasteiger partial charge in [-0.2, -0.15) is 0 Å². The molecule has 0 bridgehead atoms. The summed E-state index contributed by atoms with van der Waals surface area (Å²) in [6.45, 7) is 2.51. The van der Waals surface area contributed by atoms with Gasteiger partial charge in [-0.25, -0.2) is 4.79 Å². The number of hydrogen-bond acceptors (Lipinski definition) is 3. The maximum Gasteiger partial charge on any atom is 0.339 e. The number of likely N-dealkylation sites (tertiary alicyclic amines) is 1. The number of halogens is 1. The molecule has 1 amide bonds. The fourth-order valence-electron chi connectivity index (χ4n) is 3.36. The van der Waals surface area contributed by atoms with E-state index < -0.39 is 5.97 Å². The van der Waals surface area contributed by atoms with Crippen molar-refractivity contribution in [3.8, 4) is 0 Å². The molecular weight excluding hydrogens is 374 g/mol. The first kappa shape index (κ1) is 20.2. The largest absolute Gasteiger partial charge is 0.452 e. The number of rotatable bonds is 5. The van der Waals surface area contributed by atoms with Crippen molar-refractivity contribution in [2.45, 2.75) is 32.2 Å². The molecule has 1 fully saturated rings. The van der Waals surface area contributed by atoms with Crippen LogP contribution in [-0.2, 0) is 14.3 Å². The molecule has 1 saturated heterocycles. The van der Waals surface area contributed by atoms with Gasteiger partial charge in [0.25, 0.3) is 5.91 Å². The zero-order valence-corrected chi connectivity index (χ0v) is 16.7. The summed E-state index contributed by atoms with van der Waals surface area (Å²) < 4.78 is 5.39. The predicted octanol–water partition coefficient (Wildman–Crippen LogP) is 4.82. The summed E-state index contributed by atoms with van der Waals surface area (Å²) in [5, 5.41) is 0.588. The van der Waals surface area contributed by atoms with Crippen molar-refractivity contribution in [2.75, 3.05) is 13.2 Å². The summed E-state index contributed by atoms with van der Waals surface area (Å²) in [6.07, 6.45) is 4.88. The van der Waals surface area contributed by atoms with Gasteiger partial charge in [0.1, 0.15) is 0 Å². The summed E-state index contributed by atoms with van der Waals surface area (Å²) in [6, 6.07) is 16.7. The first-order valence-corrected chi connectivity index (χ1v) is 9.91. The van der Waals surface area contributed by atoms with Crippen LogP contribution in [-0.4, -0.2) is 36.0 Å². The van der Waals surface area contributed by atoms with Gasteiger partial charge >= 0.3 is 5.97 Å². The monoisotopic (exact) mass is 397 g/mol. The van der Waals surface area contributed by atoms with Gasteiger partial charge in [-0.1, -0.05) is 54.1 Å². The zero-order valence-electron chi connectivity index (χ0n) is 15.9. The first-order chi connectivity index (χ1) is 13.5. The standard InChI is InChI=1S/C23H24ClNO3/c1-17-7-5-6-14-25(17)22(26)16-28-23(27)21(15-18-8-3-2-4-9-18)19-10-12-20(24)13-11-19/h2-4,8-13,15,17H,5-7,14,16H2,1H3. The Morgan fingerprint density at radius 2 is 1.82 bits per heavy atom. The Bertz CT molecular complexity index is 846. The molecule has 1 atom stereocenters. The van der Waals surface area contributed by atoms with Crippen molar-refractivity contribution >= 4 is 35.1 Å². The molecule has 2 aromatic carbocycles. The minimum atomic E-state index is -0.524. The summed E-state index contributed by atoms with van der Waals surface area (Å²) in [4.78, 5) is 27.1. The van der Waals surface area contributed by atoms with Crippen molar-refractivity contribution in [1.29, 1.82) is 0 Å². The van der Waals surface area contributed by atoms with Crippen LogP contribution in [0.5, 0.6) is 0 Å². The van der Waals surface area contributed by atoms with Gasteiger partial charge in [-0.3, -0.25) is 4.79 Å². The molecule has 2 aromatic rings. The van der Waals surface area contributed by atoms with Gasteiger partial charge in [0, 0.05) is 17.6 Å². The number of amides is 1. The molecule has 28 heavy (non-hydrogen) atoms. The van der Waals surface area contributed by atoms with E-state index in [1.165, 1.54) is 0 Å². The molecule has 4 nitrogen and oxygen atoms in total. The second-order valence-corrected chi connectivity index (χ2v) is 7.42. The van der Waals surface area contributed by atoms with Crippen molar-refractivity contribution in [1.82, 2.24) is 4.90 Å². The molecule has 3 rings (SSSR count). The summed E-state index contributed by atoms with van der Waals surface area (Å²) >= 11 is 5.97. The minimum absolute atomic E-state index is 0.143. The Labute approximate surface area is 170 Å². The molecule has 1 aliphatic rings. The number of benzene rings is 2. The smallest absolute Gasteiger partial charge is 0.339 e. The third-order valence-electron chi connectivity index (χ3n) is 4.94. The lowest BCUT2D eigenvalue weighted by atomic mass is 10.0. The lowest BCUT2D eigenvalue weighted by Gasteiger charge is -2.33. The van der Waals surface area contributed by atoms with Crippen molar-refractivity contribution in [3.63, 3.8) is 0 Å². The van der Waals surface area contributed by atoms with E-state index in [2.05, 4.69) is 0 Å². The fourth-order valence-corrected chi connectivity index (χ4v) is 3.49. The molecule has 1 heterocycles. The third kappa shape index (κ3) is 5.23. The van der Waals surface area contributed by atoms with Gasteiger partial charge in [0.2, 0.25) is 0 Å². The highest BCUT2D eigenvalue weighted by molar-refractivity contribution is 6.30. The van der Waals surface area contributed by atoms with Crippen LogP contribution in [0.2, 0.25) is 5.02 Å². The fraction of sp³-hybridized carbons (Fsp3) is 0.304. The lowest BCUT2D eigenvalue weighted by Crippen LogP contribution is -2.44. The number of carbonyl (C=O) groups is 2. The minimum Gasteiger partial charge on any atom is -0.452 e. The van der Waals surface area contributed by atoms with Crippen LogP contribution in [0.25, 0.3) is 11.6 Å². The van der Waals surface area contributed by atoms with E-state index in [0.717, 1.165) is 31.4 Å². The zero-order chi connectivity index (χ0) is 19.9. The molecule has 0 aliphatic carbocycles. The van der Waals surface area contributed by atoms with Crippen molar-refractivity contribution in [2.24, 2.45) is 0 Å². The number of esters is 1. The predicted molar refractivity (Wildman–Crippen MR) is 112 cm³/mol. The number of nitrogens with zero attached hydrogens (tertiary/aromatic N) is 1. The van der Waals surface area contributed by atoms with E-state index in [4.69, 9.17) is 16.3 Å². The van der Waals surface area contributed by atoms with Crippen LogP contribution in [0.4, 0.5) is 0 Å². The average molecular weight is 398 g/mol. The average Bonchev–Trinajstić information content (AvgIpc) is 2.72. The van der Waals surface area contributed by atoms with Gasteiger partial charge in [0.05, 0.1) is 5.57 Å². The van der Waals surface area contributed by atoms with Crippen molar-refractivity contribution < 1.29 is 14.3 Å². The number of carbonyl (C=O) groups excluding carboxylic acids is 2. The molecule has 0 radical (unpaired) electrons. The summed E-state index contributed by atoms with van der Waals surface area (Å²) in [5.74, 6) is -0.667. The van der Waals surface area contributed by atoms with Gasteiger partial charge in [-0.15, -0.1) is 0 Å². The number of hydrogen-bond donors (Lipinski definition) is 0. The Morgan fingerprint density at radius 3 is 2.50 bits per heavy atom. The molecular formula is C23H24ClNO3. The summed E-state index contributed by atoms with van der Waals surface area (Å²) in [5.41, 5.74) is 1.96. The van der Waals surface area contributed by atoms with Crippen LogP contribution in [0, 0.1) is 0 Å². The Kier molecular flexibility index (Phi) is 6.88. The summed E-state index contributed by atoms with van der Waals surface area (Å²) in [7, 11) is 0. The van der Waals surface area contributed by atoms with Gasteiger partial charge in [-0.05, 0) is 55.5 Å². The third-order valence-corrected chi connectivity index (χ3v) is 5.19. The second kappa shape index (κ2) is 9.56. The van der Waals surface area contributed by atoms with E-state index in [0.29, 0.717) is 16.2 Å². The molecule has 5 heteroatoms. The van der Waals surface area contributed by atoms with E-state index in [-0.39, 0.29) is 18.6 Å². The SMILES string of the molecule is CC1CCCCN1C(=O)COC(=O)C(=Cc1ccccc1)c1ccc(Cl)cc1. The van der Waals surface area contributed by atoms with Gasteiger partial charge < -0.3 is 9.64 Å². The number of piperidine rings is 1. The lowest BCUT2D eigenvalue weighted by molar-refractivity contribution is -0.149. The van der Waals surface area contributed by atoms with Crippen LogP contribution in [0.3, 0.4) is 0 Å². The maximum absolute atomic E-state index is 12.8. The van der Waals surface area contributed by atoms with Crippen LogP contribution < -0.4 is 0 Å². The molecule has 0 spiro atoms. The molecule has 0 aromatic heterocycles. The van der Waals surface area contributed by atoms with Crippen LogP contribution >= 0.6 is 11.6 Å². The number of ether oxygens (including phenoxy) is 1. The molecule has 1 aliphatic heterocycles. The molecule has 146 valence electrons. The normalized spacial score (nSPS) is 17.3. The second-order valence-electron chi connectivity index (χ2n) is 6.98. The maximum atomic E-state index is 12.8. The highest BCUT2D eigenvalue weighted by Crippen LogP contribution is 2.22. The van der Waals surface area contributed by atoms with Crippen LogP contribution in [0.15, 0.2) is 54.6 Å².